The predicted octanol–water partition coefficient (Wildman–Crippen LogP) is 4.98. The number of piperidine rings is 1. The van der Waals surface area contributed by atoms with E-state index in [-0.39, 0.29) is 0 Å². The molecule has 30 heavy (non-hydrogen) atoms. The molecule has 1 saturated heterocycles. The summed E-state index contributed by atoms with van der Waals surface area (Å²) in [6.45, 7) is 3.89. The van der Waals surface area contributed by atoms with Gasteiger partial charge in [0.15, 0.2) is 0 Å². The molecule has 0 N–H and O–H groups in total. The lowest BCUT2D eigenvalue weighted by molar-refractivity contribution is 0.101. The zero-order valence-electron chi connectivity index (χ0n) is 17.7. The Morgan fingerprint density at radius 2 is 1.60 bits per heavy atom. The van der Waals surface area contributed by atoms with E-state index in [9.17, 15) is 0 Å². The monoisotopic (exact) mass is 402 g/mol. The molecule has 1 fully saturated rings. The Labute approximate surface area is 179 Å². The molecule has 1 aliphatic rings. The molecule has 4 rings (SSSR count). The van der Waals surface area contributed by atoms with E-state index in [2.05, 4.69) is 70.5 Å². The standard InChI is InChI=1S/C26H30N2O2/c1-29-20-21-5-7-22(8-6-21)23-9-11-25(12-10-23)30-26-14-18-28(19-15-26)17-13-24-4-2-3-16-27-24/h2-12,16,26H,13-15,17-20H2,1H3. The lowest BCUT2D eigenvalue weighted by Crippen LogP contribution is -2.39. The molecule has 4 nitrogen and oxygen atoms in total. The van der Waals surface area contributed by atoms with Crippen LogP contribution in [0.4, 0.5) is 0 Å². The number of pyridine rings is 1. The van der Waals surface area contributed by atoms with Gasteiger partial charge in [-0.15, -0.1) is 0 Å². The van der Waals surface area contributed by atoms with Crippen LogP contribution in [0.15, 0.2) is 72.9 Å². The summed E-state index contributed by atoms with van der Waals surface area (Å²) in [7, 11) is 1.72. The zero-order chi connectivity index (χ0) is 20.6. The molecule has 1 aromatic heterocycles. The van der Waals surface area contributed by atoms with Gasteiger partial charge in [-0.3, -0.25) is 4.98 Å². The Kier molecular flexibility index (Phi) is 7.11. The van der Waals surface area contributed by atoms with Gasteiger partial charge in [-0.25, -0.2) is 0 Å². The van der Waals surface area contributed by atoms with Crippen molar-refractivity contribution in [2.24, 2.45) is 0 Å². The maximum atomic E-state index is 6.25. The van der Waals surface area contributed by atoms with Crippen LogP contribution in [-0.2, 0) is 17.8 Å². The topological polar surface area (TPSA) is 34.6 Å². The van der Waals surface area contributed by atoms with E-state index >= 15 is 0 Å². The normalized spacial score (nSPS) is 15.2. The summed E-state index contributed by atoms with van der Waals surface area (Å²) in [6.07, 6.45) is 5.34. The fourth-order valence-electron chi connectivity index (χ4n) is 3.95. The van der Waals surface area contributed by atoms with Crippen LogP contribution in [0.3, 0.4) is 0 Å². The molecule has 2 heterocycles. The van der Waals surface area contributed by atoms with Crippen molar-refractivity contribution in [2.45, 2.75) is 32.0 Å². The Hall–Kier alpha value is -2.69. The molecule has 0 unspecified atom stereocenters. The van der Waals surface area contributed by atoms with Crippen molar-refractivity contribution >= 4 is 0 Å². The maximum absolute atomic E-state index is 6.25. The van der Waals surface area contributed by atoms with Crippen LogP contribution in [0.1, 0.15) is 24.1 Å². The summed E-state index contributed by atoms with van der Waals surface area (Å²) in [5.41, 5.74) is 4.77. The molecule has 0 saturated carbocycles. The van der Waals surface area contributed by atoms with Crippen LogP contribution in [0.25, 0.3) is 11.1 Å². The smallest absolute Gasteiger partial charge is 0.119 e. The van der Waals surface area contributed by atoms with Gasteiger partial charge in [-0.1, -0.05) is 42.5 Å². The molecule has 0 radical (unpaired) electrons. The predicted molar refractivity (Wildman–Crippen MR) is 121 cm³/mol. The van der Waals surface area contributed by atoms with Gasteiger partial charge in [0.05, 0.1) is 6.61 Å². The van der Waals surface area contributed by atoms with Gasteiger partial charge in [0.2, 0.25) is 0 Å². The van der Waals surface area contributed by atoms with Gasteiger partial charge in [-0.05, 0) is 53.8 Å². The van der Waals surface area contributed by atoms with Crippen molar-refractivity contribution in [3.8, 4) is 16.9 Å². The minimum atomic E-state index is 0.301. The molecule has 0 spiro atoms. The van der Waals surface area contributed by atoms with Gasteiger partial charge in [0.1, 0.15) is 11.9 Å². The highest BCUT2D eigenvalue weighted by molar-refractivity contribution is 5.64. The zero-order valence-corrected chi connectivity index (χ0v) is 17.7. The highest BCUT2D eigenvalue weighted by Crippen LogP contribution is 2.25. The number of rotatable bonds is 8. The van der Waals surface area contributed by atoms with Crippen molar-refractivity contribution in [1.29, 1.82) is 0 Å². The van der Waals surface area contributed by atoms with Crippen molar-refractivity contribution in [1.82, 2.24) is 9.88 Å². The third kappa shape index (κ3) is 5.68. The second-order valence-corrected chi connectivity index (χ2v) is 7.88. The Morgan fingerprint density at radius 3 is 2.23 bits per heavy atom. The molecule has 0 aliphatic carbocycles. The number of aromatic nitrogens is 1. The van der Waals surface area contributed by atoms with E-state index in [1.165, 1.54) is 22.4 Å². The van der Waals surface area contributed by atoms with Gasteiger partial charge in [-0.2, -0.15) is 0 Å². The third-order valence-electron chi connectivity index (χ3n) is 5.70. The minimum Gasteiger partial charge on any atom is -0.490 e. The Bertz CT molecular complexity index is 887. The van der Waals surface area contributed by atoms with E-state index in [0.29, 0.717) is 12.7 Å². The molecular weight excluding hydrogens is 372 g/mol. The fraction of sp³-hybridized carbons (Fsp3) is 0.346. The van der Waals surface area contributed by atoms with Crippen molar-refractivity contribution in [3.63, 3.8) is 0 Å². The summed E-state index contributed by atoms with van der Waals surface area (Å²) < 4.78 is 11.4. The highest BCUT2D eigenvalue weighted by Gasteiger charge is 2.20. The number of benzene rings is 2. The van der Waals surface area contributed by atoms with Crippen LogP contribution in [0.5, 0.6) is 5.75 Å². The van der Waals surface area contributed by atoms with E-state index in [0.717, 1.165) is 44.6 Å². The first-order chi connectivity index (χ1) is 14.8. The minimum absolute atomic E-state index is 0.301. The first-order valence-corrected chi connectivity index (χ1v) is 10.8. The largest absolute Gasteiger partial charge is 0.490 e. The first-order valence-electron chi connectivity index (χ1n) is 10.8. The maximum Gasteiger partial charge on any atom is 0.119 e. The highest BCUT2D eigenvalue weighted by atomic mass is 16.5. The molecule has 0 amide bonds. The average molecular weight is 403 g/mol. The van der Waals surface area contributed by atoms with Crippen LogP contribution in [0, 0.1) is 0 Å². The van der Waals surface area contributed by atoms with Gasteiger partial charge in [0.25, 0.3) is 0 Å². The summed E-state index contributed by atoms with van der Waals surface area (Å²) in [5, 5.41) is 0. The Morgan fingerprint density at radius 1 is 0.900 bits per heavy atom. The number of hydrogen-bond donors (Lipinski definition) is 0. The van der Waals surface area contributed by atoms with E-state index in [1.807, 2.05) is 12.3 Å². The second kappa shape index (κ2) is 10.4. The van der Waals surface area contributed by atoms with Crippen LogP contribution in [0.2, 0.25) is 0 Å². The van der Waals surface area contributed by atoms with Crippen molar-refractivity contribution in [2.75, 3.05) is 26.7 Å². The summed E-state index contributed by atoms with van der Waals surface area (Å²) >= 11 is 0. The summed E-state index contributed by atoms with van der Waals surface area (Å²) in [6, 6.07) is 23.1. The molecular formula is C26H30N2O2. The van der Waals surface area contributed by atoms with Gasteiger partial charge < -0.3 is 14.4 Å². The fourth-order valence-corrected chi connectivity index (χ4v) is 3.95. The summed E-state index contributed by atoms with van der Waals surface area (Å²) in [5.74, 6) is 0.960. The number of likely N-dealkylation sites (tertiary alicyclic amines) is 1. The lowest BCUT2D eigenvalue weighted by atomic mass is 10.0. The first kappa shape index (κ1) is 20.6. The number of nitrogens with zero attached hydrogens (tertiary/aromatic N) is 2. The summed E-state index contributed by atoms with van der Waals surface area (Å²) in [4.78, 5) is 6.94. The quantitative estimate of drug-likeness (QED) is 0.532. The number of ether oxygens (including phenoxy) is 2. The molecule has 156 valence electrons. The third-order valence-corrected chi connectivity index (χ3v) is 5.70. The molecule has 3 aromatic rings. The van der Waals surface area contributed by atoms with E-state index in [1.54, 1.807) is 7.11 Å². The molecule has 2 aromatic carbocycles. The molecule has 4 heteroatoms. The number of methoxy groups -OCH3 is 1. The van der Waals surface area contributed by atoms with E-state index < -0.39 is 0 Å². The van der Waals surface area contributed by atoms with Crippen LogP contribution >= 0.6 is 0 Å². The Balaban J connectivity index is 1.24. The molecule has 1 aliphatic heterocycles. The number of hydrogen-bond acceptors (Lipinski definition) is 4. The van der Waals surface area contributed by atoms with Crippen LogP contribution < -0.4 is 4.74 Å². The van der Waals surface area contributed by atoms with Gasteiger partial charge in [0, 0.05) is 45.1 Å². The lowest BCUT2D eigenvalue weighted by Gasteiger charge is -2.32. The van der Waals surface area contributed by atoms with E-state index in [4.69, 9.17) is 9.47 Å². The van der Waals surface area contributed by atoms with Crippen LogP contribution in [-0.4, -0.2) is 42.7 Å². The second-order valence-electron chi connectivity index (χ2n) is 7.88. The van der Waals surface area contributed by atoms with Gasteiger partial charge >= 0.3 is 0 Å². The SMILES string of the molecule is COCc1ccc(-c2ccc(OC3CCN(CCc4ccccn4)CC3)cc2)cc1. The molecule has 0 bridgehead atoms. The molecule has 0 atom stereocenters. The van der Waals surface area contributed by atoms with Crippen molar-refractivity contribution < 1.29 is 9.47 Å². The average Bonchev–Trinajstić information content (AvgIpc) is 2.81. The van der Waals surface area contributed by atoms with Crippen molar-refractivity contribution in [3.05, 3.63) is 84.2 Å².